The van der Waals surface area contributed by atoms with Gasteiger partial charge in [-0.1, -0.05) is 30.3 Å². The van der Waals surface area contributed by atoms with Gasteiger partial charge >= 0.3 is 6.03 Å². The number of aryl methyl sites for hydroxylation is 1. The van der Waals surface area contributed by atoms with Crippen LogP contribution in [0, 0.1) is 11.6 Å². The van der Waals surface area contributed by atoms with Gasteiger partial charge in [-0.3, -0.25) is 0 Å². The highest BCUT2D eigenvalue weighted by Gasteiger charge is 2.21. The third-order valence-corrected chi connectivity index (χ3v) is 3.70. The van der Waals surface area contributed by atoms with Crippen LogP contribution in [0.5, 0.6) is 0 Å². The molecular weight excluding hydrogens is 326 g/mol. The van der Waals surface area contributed by atoms with Gasteiger partial charge in [0.25, 0.3) is 0 Å². The highest BCUT2D eigenvalue weighted by molar-refractivity contribution is 5.89. The van der Waals surface area contributed by atoms with Crippen molar-refractivity contribution in [2.24, 2.45) is 7.05 Å². The lowest BCUT2D eigenvalue weighted by molar-refractivity contribution is 0.249. The van der Waals surface area contributed by atoms with Gasteiger partial charge in [0.1, 0.15) is 23.5 Å². The summed E-state index contributed by atoms with van der Waals surface area (Å²) in [7, 11) is 1.82. The van der Waals surface area contributed by atoms with Gasteiger partial charge < -0.3 is 15.2 Å². The lowest BCUT2D eigenvalue weighted by Gasteiger charge is -2.19. The molecule has 0 fully saturated rings. The third-order valence-electron chi connectivity index (χ3n) is 3.70. The van der Waals surface area contributed by atoms with E-state index in [2.05, 4.69) is 15.6 Å². The van der Waals surface area contributed by atoms with Crippen LogP contribution in [0.4, 0.5) is 19.3 Å². The average molecular weight is 342 g/mol. The van der Waals surface area contributed by atoms with Gasteiger partial charge in [0.05, 0.1) is 5.69 Å². The predicted molar refractivity (Wildman–Crippen MR) is 90.0 cm³/mol. The molecule has 25 heavy (non-hydrogen) atoms. The maximum absolute atomic E-state index is 13.7. The number of hydrogen-bond donors (Lipinski definition) is 2. The van der Waals surface area contributed by atoms with E-state index >= 15 is 0 Å². The molecule has 0 aliphatic carbocycles. The van der Waals surface area contributed by atoms with Crippen molar-refractivity contribution in [2.75, 3.05) is 5.32 Å². The second-order valence-corrected chi connectivity index (χ2v) is 5.46. The second-order valence-electron chi connectivity index (χ2n) is 5.46. The Balaban J connectivity index is 1.83. The number of nitrogens with one attached hydrogen (secondary N) is 2. The summed E-state index contributed by atoms with van der Waals surface area (Å²) in [4.78, 5) is 16.6. The molecule has 0 saturated carbocycles. The van der Waals surface area contributed by atoms with Crippen molar-refractivity contribution in [1.82, 2.24) is 14.9 Å². The molecule has 0 aliphatic rings. The summed E-state index contributed by atoms with van der Waals surface area (Å²) in [5.74, 6) is -0.928. The van der Waals surface area contributed by atoms with Crippen molar-refractivity contribution in [1.29, 1.82) is 0 Å². The number of amides is 2. The van der Waals surface area contributed by atoms with Crippen LogP contribution < -0.4 is 10.6 Å². The Morgan fingerprint density at radius 1 is 1.16 bits per heavy atom. The van der Waals surface area contributed by atoms with Crippen LogP contribution in [0.3, 0.4) is 0 Å². The Morgan fingerprint density at radius 3 is 2.56 bits per heavy atom. The van der Waals surface area contributed by atoms with Crippen LogP contribution in [-0.4, -0.2) is 15.6 Å². The highest BCUT2D eigenvalue weighted by atomic mass is 19.1. The Labute approximate surface area is 143 Å². The smallest absolute Gasteiger partial charge is 0.320 e. The van der Waals surface area contributed by atoms with Crippen LogP contribution in [0.1, 0.15) is 17.4 Å². The average Bonchev–Trinajstić information content (AvgIpc) is 3.02. The number of carbonyl (C=O) groups is 1. The van der Waals surface area contributed by atoms with E-state index in [1.807, 2.05) is 37.4 Å². The van der Waals surface area contributed by atoms with Crippen LogP contribution >= 0.6 is 0 Å². The lowest BCUT2D eigenvalue weighted by Crippen LogP contribution is -2.34. The summed E-state index contributed by atoms with van der Waals surface area (Å²) < 4.78 is 28.5. The number of rotatable bonds is 4. The first-order valence-corrected chi connectivity index (χ1v) is 7.59. The molecule has 0 unspecified atom stereocenters. The number of imidazole rings is 1. The number of halogens is 2. The minimum atomic E-state index is -0.844. The fraction of sp³-hybridized carbons (Fsp3) is 0.111. The number of urea groups is 1. The van der Waals surface area contributed by atoms with Crippen molar-refractivity contribution < 1.29 is 13.6 Å². The molecule has 2 N–H and O–H groups in total. The first-order valence-electron chi connectivity index (χ1n) is 7.59. The van der Waals surface area contributed by atoms with E-state index in [9.17, 15) is 13.6 Å². The number of hydrogen-bond acceptors (Lipinski definition) is 2. The minimum absolute atomic E-state index is 0.106. The zero-order valence-corrected chi connectivity index (χ0v) is 13.4. The second kappa shape index (κ2) is 7.12. The highest BCUT2D eigenvalue weighted by Crippen LogP contribution is 2.21. The Kier molecular flexibility index (Phi) is 4.74. The van der Waals surface area contributed by atoms with E-state index in [4.69, 9.17) is 0 Å². The van der Waals surface area contributed by atoms with Crippen molar-refractivity contribution in [2.45, 2.75) is 6.04 Å². The summed E-state index contributed by atoms with van der Waals surface area (Å²) >= 11 is 0. The van der Waals surface area contributed by atoms with Crippen molar-refractivity contribution in [3.8, 4) is 0 Å². The maximum Gasteiger partial charge on any atom is 0.320 e. The van der Waals surface area contributed by atoms with Gasteiger partial charge in [0.15, 0.2) is 0 Å². The van der Waals surface area contributed by atoms with E-state index in [1.54, 1.807) is 17.0 Å². The SMILES string of the molecule is Cn1ccnc1[C@@H](NC(=O)Nc1ccc(F)cc1F)c1ccccc1. The molecule has 0 spiro atoms. The third kappa shape index (κ3) is 3.82. The summed E-state index contributed by atoms with van der Waals surface area (Å²) in [6.45, 7) is 0. The van der Waals surface area contributed by atoms with Gasteiger partial charge in [0.2, 0.25) is 0 Å². The summed E-state index contributed by atoms with van der Waals surface area (Å²) in [6.07, 6.45) is 3.40. The zero-order chi connectivity index (χ0) is 17.8. The molecule has 1 atom stereocenters. The van der Waals surface area contributed by atoms with E-state index < -0.39 is 23.7 Å². The van der Waals surface area contributed by atoms with Crippen LogP contribution in [-0.2, 0) is 7.05 Å². The van der Waals surface area contributed by atoms with Crippen molar-refractivity contribution >= 4 is 11.7 Å². The Hall–Kier alpha value is -3.22. The minimum Gasteiger partial charge on any atom is -0.336 e. The molecule has 2 amide bonds. The van der Waals surface area contributed by atoms with E-state index in [0.717, 1.165) is 11.6 Å². The Morgan fingerprint density at radius 2 is 1.92 bits per heavy atom. The van der Waals surface area contributed by atoms with Gasteiger partial charge in [0, 0.05) is 25.5 Å². The molecule has 128 valence electrons. The van der Waals surface area contributed by atoms with Crippen molar-refractivity contribution in [3.05, 3.63) is 83.9 Å². The first kappa shape index (κ1) is 16.6. The quantitative estimate of drug-likeness (QED) is 0.761. The largest absolute Gasteiger partial charge is 0.336 e. The Bertz CT molecular complexity index is 880. The normalized spacial score (nSPS) is 11.8. The lowest BCUT2D eigenvalue weighted by atomic mass is 10.1. The predicted octanol–water partition coefficient (Wildman–Crippen LogP) is 3.61. The van der Waals surface area contributed by atoms with Crippen molar-refractivity contribution in [3.63, 3.8) is 0 Å². The molecule has 2 aromatic carbocycles. The van der Waals surface area contributed by atoms with Crippen LogP contribution in [0.2, 0.25) is 0 Å². The summed E-state index contributed by atoms with van der Waals surface area (Å²) in [5, 5.41) is 5.16. The summed E-state index contributed by atoms with van der Waals surface area (Å²) in [5.41, 5.74) is 0.720. The van der Waals surface area contributed by atoms with Crippen LogP contribution in [0.25, 0.3) is 0 Å². The van der Waals surface area contributed by atoms with Gasteiger partial charge in [-0.15, -0.1) is 0 Å². The molecular formula is C18H16F2N4O. The summed E-state index contributed by atoms with van der Waals surface area (Å²) in [6, 6.07) is 11.1. The topological polar surface area (TPSA) is 59.0 Å². The molecule has 5 nitrogen and oxygen atoms in total. The number of benzene rings is 2. The molecule has 0 radical (unpaired) electrons. The molecule has 7 heteroatoms. The molecule has 1 heterocycles. The zero-order valence-electron chi connectivity index (χ0n) is 13.4. The molecule has 3 aromatic rings. The maximum atomic E-state index is 13.7. The van der Waals surface area contributed by atoms with E-state index in [-0.39, 0.29) is 5.69 Å². The fourth-order valence-electron chi connectivity index (χ4n) is 2.48. The standard InChI is InChI=1S/C18H16F2N4O/c1-24-10-9-21-17(24)16(12-5-3-2-4-6-12)23-18(25)22-15-8-7-13(19)11-14(15)20/h2-11,16H,1H3,(H2,22,23,25)/t16-/m0/s1. The van der Waals surface area contributed by atoms with Gasteiger partial charge in [-0.2, -0.15) is 0 Å². The first-order chi connectivity index (χ1) is 12.0. The number of carbonyl (C=O) groups excluding carboxylic acids is 1. The monoisotopic (exact) mass is 342 g/mol. The molecule has 1 aromatic heterocycles. The number of anilines is 1. The fourth-order valence-corrected chi connectivity index (χ4v) is 2.48. The molecule has 0 aliphatic heterocycles. The molecule has 0 bridgehead atoms. The number of aromatic nitrogens is 2. The van der Waals surface area contributed by atoms with E-state index in [1.165, 1.54) is 6.07 Å². The molecule has 3 rings (SSSR count). The van der Waals surface area contributed by atoms with E-state index in [0.29, 0.717) is 11.9 Å². The van der Waals surface area contributed by atoms with Gasteiger partial charge in [-0.05, 0) is 17.7 Å². The number of nitrogens with zero attached hydrogens (tertiary/aromatic N) is 2. The van der Waals surface area contributed by atoms with Gasteiger partial charge in [-0.25, -0.2) is 18.6 Å². The molecule has 0 saturated heterocycles. The van der Waals surface area contributed by atoms with Crippen LogP contribution in [0.15, 0.2) is 60.9 Å².